The molecule has 0 radical (unpaired) electrons. The van der Waals surface area contributed by atoms with E-state index in [4.69, 9.17) is 4.74 Å². The molecular weight excluding hydrogens is 248 g/mol. The van der Waals surface area contributed by atoms with Gasteiger partial charge in [0.25, 0.3) is 0 Å². The number of piperidine rings is 1. The molecule has 3 fully saturated rings. The predicted octanol–water partition coefficient (Wildman–Crippen LogP) is 2.85. The molecule has 0 amide bonds. The lowest BCUT2D eigenvalue weighted by Crippen LogP contribution is -2.53. The van der Waals surface area contributed by atoms with Gasteiger partial charge < -0.3 is 15.4 Å². The molecule has 2 aliphatic heterocycles. The first-order valence-electron chi connectivity index (χ1n) is 8.88. The van der Waals surface area contributed by atoms with Crippen LogP contribution in [0.2, 0.25) is 0 Å². The Morgan fingerprint density at radius 3 is 2.70 bits per heavy atom. The minimum Gasteiger partial charge on any atom is -0.374 e. The molecule has 0 bridgehead atoms. The molecule has 116 valence electrons. The van der Waals surface area contributed by atoms with Crippen LogP contribution < -0.4 is 10.6 Å². The van der Waals surface area contributed by atoms with E-state index in [1.54, 1.807) is 0 Å². The third kappa shape index (κ3) is 3.55. The average Bonchev–Trinajstić information content (AvgIpc) is 2.94. The molecule has 1 saturated carbocycles. The van der Waals surface area contributed by atoms with E-state index in [-0.39, 0.29) is 5.60 Å². The molecule has 4 atom stereocenters. The first-order valence-corrected chi connectivity index (χ1v) is 8.88. The van der Waals surface area contributed by atoms with Crippen LogP contribution in [0.4, 0.5) is 0 Å². The molecule has 3 rings (SSSR count). The van der Waals surface area contributed by atoms with Gasteiger partial charge >= 0.3 is 0 Å². The van der Waals surface area contributed by atoms with Crippen LogP contribution in [0, 0.1) is 5.92 Å². The van der Waals surface area contributed by atoms with Crippen LogP contribution in [0.15, 0.2) is 0 Å². The topological polar surface area (TPSA) is 33.3 Å². The van der Waals surface area contributed by atoms with Crippen LogP contribution in [0.5, 0.6) is 0 Å². The molecule has 0 aromatic rings. The van der Waals surface area contributed by atoms with Crippen molar-refractivity contribution in [3.8, 4) is 0 Å². The van der Waals surface area contributed by atoms with Gasteiger partial charge in [0, 0.05) is 25.2 Å². The summed E-state index contributed by atoms with van der Waals surface area (Å²) in [5, 5.41) is 7.67. The second kappa shape index (κ2) is 6.76. The lowest BCUT2D eigenvalue weighted by atomic mass is 9.77. The predicted molar refractivity (Wildman–Crippen MR) is 83.0 cm³/mol. The van der Waals surface area contributed by atoms with Gasteiger partial charge in [-0.05, 0) is 57.9 Å². The Morgan fingerprint density at radius 1 is 1.10 bits per heavy atom. The van der Waals surface area contributed by atoms with Crippen molar-refractivity contribution >= 4 is 0 Å². The summed E-state index contributed by atoms with van der Waals surface area (Å²) in [6.07, 6.45) is 12.2. The minimum atomic E-state index is 0.0992. The second-order valence-electron chi connectivity index (χ2n) is 7.39. The molecule has 1 aliphatic carbocycles. The summed E-state index contributed by atoms with van der Waals surface area (Å²) in [7, 11) is 0. The van der Waals surface area contributed by atoms with E-state index in [1.165, 1.54) is 64.3 Å². The van der Waals surface area contributed by atoms with Gasteiger partial charge in [0.15, 0.2) is 0 Å². The van der Waals surface area contributed by atoms with Gasteiger partial charge in [0.2, 0.25) is 0 Å². The van der Waals surface area contributed by atoms with E-state index in [9.17, 15) is 0 Å². The van der Waals surface area contributed by atoms with Gasteiger partial charge in [-0.1, -0.05) is 19.3 Å². The van der Waals surface area contributed by atoms with Crippen molar-refractivity contribution in [3.63, 3.8) is 0 Å². The summed E-state index contributed by atoms with van der Waals surface area (Å²) in [4.78, 5) is 0. The van der Waals surface area contributed by atoms with Gasteiger partial charge in [-0.2, -0.15) is 0 Å². The number of nitrogens with one attached hydrogen (secondary N) is 2. The SMILES string of the molecule is CC1(CNC2CCCCC2C2CCCCN2)CCCO1. The molecule has 0 aromatic carbocycles. The van der Waals surface area contributed by atoms with E-state index in [0.29, 0.717) is 6.04 Å². The Labute approximate surface area is 124 Å². The first-order chi connectivity index (χ1) is 9.77. The lowest BCUT2D eigenvalue weighted by Gasteiger charge is -2.41. The van der Waals surface area contributed by atoms with E-state index in [1.807, 2.05) is 0 Å². The maximum Gasteiger partial charge on any atom is 0.0779 e. The van der Waals surface area contributed by atoms with E-state index in [2.05, 4.69) is 17.6 Å². The maximum atomic E-state index is 5.93. The van der Waals surface area contributed by atoms with E-state index in [0.717, 1.165) is 25.1 Å². The maximum absolute atomic E-state index is 5.93. The summed E-state index contributed by atoms with van der Waals surface area (Å²) in [5.74, 6) is 0.842. The quantitative estimate of drug-likeness (QED) is 0.831. The van der Waals surface area contributed by atoms with E-state index < -0.39 is 0 Å². The van der Waals surface area contributed by atoms with Crippen LogP contribution in [0.25, 0.3) is 0 Å². The number of hydrogen-bond acceptors (Lipinski definition) is 3. The minimum absolute atomic E-state index is 0.0992. The van der Waals surface area contributed by atoms with Crippen molar-refractivity contribution in [3.05, 3.63) is 0 Å². The highest BCUT2D eigenvalue weighted by Crippen LogP contribution is 2.31. The van der Waals surface area contributed by atoms with E-state index >= 15 is 0 Å². The Hall–Kier alpha value is -0.120. The average molecular weight is 280 g/mol. The van der Waals surface area contributed by atoms with Crippen LogP contribution >= 0.6 is 0 Å². The van der Waals surface area contributed by atoms with Crippen molar-refractivity contribution in [1.82, 2.24) is 10.6 Å². The summed E-state index contributed by atoms with van der Waals surface area (Å²) in [5.41, 5.74) is 0.0992. The van der Waals surface area contributed by atoms with Crippen LogP contribution in [0.3, 0.4) is 0 Å². The molecule has 3 nitrogen and oxygen atoms in total. The zero-order chi connectivity index (χ0) is 13.8. The second-order valence-corrected chi connectivity index (χ2v) is 7.39. The molecule has 2 saturated heterocycles. The molecule has 3 heteroatoms. The van der Waals surface area contributed by atoms with Crippen LogP contribution in [0.1, 0.15) is 64.7 Å². The molecule has 3 aliphatic rings. The fourth-order valence-corrected chi connectivity index (χ4v) is 4.46. The molecule has 0 aromatic heterocycles. The van der Waals surface area contributed by atoms with Crippen LogP contribution in [-0.2, 0) is 4.74 Å². The normalized spacial score (nSPS) is 42.8. The number of hydrogen-bond donors (Lipinski definition) is 2. The summed E-state index contributed by atoms with van der Waals surface area (Å²) < 4.78 is 5.93. The monoisotopic (exact) mass is 280 g/mol. The molecular formula is C17H32N2O. The van der Waals surface area contributed by atoms with Crippen molar-refractivity contribution in [2.24, 2.45) is 5.92 Å². The largest absolute Gasteiger partial charge is 0.374 e. The molecule has 2 heterocycles. The Bertz CT molecular complexity index is 295. The molecule has 20 heavy (non-hydrogen) atoms. The standard InChI is InChI=1S/C17H32N2O/c1-17(10-6-12-20-17)13-19-16-8-3-2-7-14(16)15-9-4-5-11-18-15/h14-16,18-19H,2-13H2,1H3. The Kier molecular flexibility index (Phi) is 5.00. The van der Waals surface area contributed by atoms with Gasteiger partial charge in [0.05, 0.1) is 5.60 Å². The first kappa shape index (κ1) is 14.8. The lowest BCUT2D eigenvalue weighted by molar-refractivity contribution is 0.0144. The number of rotatable bonds is 4. The molecule has 0 spiro atoms. The Balaban J connectivity index is 1.54. The zero-order valence-electron chi connectivity index (χ0n) is 13.1. The highest BCUT2D eigenvalue weighted by atomic mass is 16.5. The van der Waals surface area contributed by atoms with Crippen molar-refractivity contribution in [2.75, 3.05) is 19.7 Å². The number of ether oxygens (including phenoxy) is 1. The smallest absolute Gasteiger partial charge is 0.0779 e. The van der Waals surface area contributed by atoms with Gasteiger partial charge in [-0.15, -0.1) is 0 Å². The highest BCUT2D eigenvalue weighted by Gasteiger charge is 2.35. The summed E-state index contributed by atoms with van der Waals surface area (Å²) >= 11 is 0. The van der Waals surface area contributed by atoms with Crippen molar-refractivity contribution in [1.29, 1.82) is 0 Å². The highest BCUT2D eigenvalue weighted by molar-refractivity contribution is 4.92. The molecule has 2 N–H and O–H groups in total. The zero-order valence-corrected chi connectivity index (χ0v) is 13.1. The third-order valence-corrected chi connectivity index (χ3v) is 5.72. The summed E-state index contributed by atoms with van der Waals surface area (Å²) in [6, 6.07) is 1.47. The Morgan fingerprint density at radius 2 is 1.95 bits per heavy atom. The fourth-order valence-electron chi connectivity index (χ4n) is 4.46. The summed E-state index contributed by atoms with van der Waals surface area (Å²) in [6.45, 7) is 5.51. The van der Waals surface area contributed by atoms with Gasteiger partial charge in [-0.3, -0.25) is 0 Å². The molecule has 4 unspecified atom stereocenters. The third-order valence-electron chi connectivity index (χ3n) is 5.72. The van der Waals surface area contributed by atoms with Crippen molar-refractivity contribution < 1.29 is 4.74 Å². The van der Waals surface area contributed by atoms with Gasteiger partial charge in [-0.25, -0.2) is 0 Å². The fraction of sp³-hybridized carbons (Fsp3) is 1.00. The van der Waals surface area contributed by atoms with Gasteiger partial charge in [0.1, 0.15) is 0 Å². The van der Waals surface area contributed by atoms with Crippen LogP contribution in [-0.4, -0.2) is 37.4 Å². The van der Waals surface area contributed by atoms with Crippen molar-refractivity contribution in [2.45, 2.75) is 82.4 Å².